The highest BCUT2D eigenvalue weighted by Gasteiger charge is 2.23. The van der Waals surface area contributed by atoms with Crippen LogP contribution in [-0.4, -0.2) is 28.7 Å². The van der Waals surface area contributed by atoms with Gasteiger partial charge >= 0.3 is 0 Å². The number of non-ortho nitro benzene ring substituents is 1. The normalized spacial score (nSPS) is 17.9. The summed E-state index contributed by atoms with van der Waals surface area (Å²) in [4.78, 5) is 14.7. The Morgan fingerprint density at radius 2 is 2.38 bits per heavy atom. The van der Waals surface area contributed by atoms with E-state index in [4.69, 9.17) is 9.26 Å². The number of ether oxygens (including phenoxy) is 1. The van der Waals surface area contributed by atoms with Crippen LogP contribution in [0.1, 0.15) is 24.7 Å². The Hall–Kier alpha value is -2.48. The Labute approximate surface area is 120 Å². The molecule has 1 aromatic heterocycles. The SMILES string of the molecule is COc1cc([N+](=O)[O-])ccc1-c1nc(C2CCCN2)no1. The van der Waals surface area contributed by atoms with E-state index >= 15 is 0 Å². The predicted molar refractivity (Wildman–Crippen MR) is 72.9 cm³/mol. The molecule has 1 aliphatic rings. The highest BCUT2D eigenvalue weighted by atomic mass is 16.6. The second kappa shape index (κ2) is 5.49. The lowest BCUT2D eigenvalue weighted by atomic mass is 10.1. The molecule has 8 heteroatoms. The van der Waals surface area contributed by atoms with E-state index < -0.39 is 4.92 Å². The van der Waals surface area contributed by atoms with Gasteiger partial charge in [-0.15, -0.1) is 0 Å². The molecule has 1 atom stereocenters. The van der Waals surface area contributed by atoms with E-state index in [9.17, 15) is 10.1 Å². The van der Waals surface area contributed by atoms with Crippen molar-refractivity contribution in [3.8, 4) is 17.2 Å². The Balaban J connectivity index is 1.94. The smallest absolute Gasteiger partial charge is 0.273 e. The number of nitro groups is 1. The summed E-state index contributed by atoms with van der Waals surface area (Å²) < 4.78 is 10.4. The zero-order chi connectivity index (χ0) is 14.8. The van der Waals surface area contributed by atoms with E-state index in [1.165, 1.54) is 19.2 Å². The van der Waals surface area contributed by atoms with Crippen molar-refractivity contribution in [2.45, 2.75) is 18.9 Å². The Morgan fingerprint density at radius 3 is 3.05 bits per heavy atom. The summed E-state index contributed by atoms with van der Waals surface area (Å²) in [5.41, 5.74) is 0.493. The van der Waals surface area contributed by atoms with Crippen LogP contribution in [0, 0.1) is 10.1 Å². The fourth-order valence-corrected chi connectivity index (χ4v) is 2.36. The molecule has 21 heavy (non-hydrogen) atoms. The average Bonchev–Trinajstić information content (AvgIpc) is 3.17. The lowest BCUT2D eigenvalue weighted by molar-refractivity contribution is -0.384. The summed E-state index contributed by atoms with van der Waals surface area (Å²) in [5.74, 6) is 1.23. The maximum Gasteiger partial charge on any atom is 0.273 e. The van der Waals surface area contributed by atoms with Gasteiger partial charge < -0.3 is 14.6 Å². The van der Waals surface area contributed by atoms with Crippen LogP contribution in [0.3, 0.4) is 0 Å². The van der Waals surface area contributed by atoms with E-state index in [1.54, 1.807) is 6.07 Å². The minimum Gasteiger partial charge on any atom is -0.496 e. The van der Waals surface area contributed by atoms with Gasteiger partial charge in [-0.3, -0.25) is 10.1 Å². The minimum atomic E-state index is -0.478. The van der Waals surface area contributed by atoms with Crippen molar-refractivity contribution >= 4 is 5.69 Å². The van der Waals surface area contributed by atoms with Crippen molar-refractivity contribution in [1.82, 2.24) is 15.5 Å². The summed E-state index contributed by atoms with van der Waals surface area (Å²) in [6.07, 6.45) is 2.05. The maximum atomic E-state index is 10.8. The number of benzene rings is 1. The quantitative estimate of drug-likeness (QED) is 0.679. The first-order valence-electron chi connectivity index (χ1n) is 6.59. The van der Waals surface area contributed by atoms with Crippen molar-refractivity contribution in [3.05, 3.63) is 34.1 Å². The van der Waals surface area contributed by atoms with Gasteiger partial charge in [-0.05, 0) is 25.5 Å². The van der Waals surface area contributed by atoms with Crippen molar-refractivity contribution < 1.29 is 14.2 Å². The fourth-order valence-electron chi connectivity index (χ4n) is 2.36. The van der Waals surface area contributed by atoms with Crippen LogP contribution in [0.25, 0.3) is 11.5 Å². The molecule has 0 aliphatic carbocycles. The second-order valence-electron chi connectivity index (χ2n) is 4.75. The average molecular weight is 290 g/mol. The van der Waals surface area contributed by atoms with Crippen LogP contribution in [0.5, 0.6) is 5.75 Å². The third kappa shape index (κ3) is 2.57. The third-order valence-electron chi connectivity index (χ3n) is 3.44. The van der Waals surface area contributed by atoms with Gasteiger partial charge in [-0.2, -0.15) is 4.98 Å². The summed E-state index contributed by atoms with van der Waals surface area (Å²) in [7, 11) is 1.44. The molecule has 1 aliphatic heterocycles. The topological polar surface area (TPSA) is 103 Å². The number of hydrogen-bond acceptors (Lipinski definition) is 7. The number of hydrogen-bond donors (Lipinski definition) is 1. The van der Waals surface area contributed by atoms with Crippen LogP contribution in [0.2, 0.25) is 0 Å². The first-order valence-corrected chi connectivity index (χ1v) is 6.59. The van der Waals surface area contributed by atoms with E-state index in [0.717, 1.165) is 19.4 Å². The molecular weight excluding hydrogens is 276 g/mol. The standard InChI is InChI=1S/C13H14N4O4/c1-20-11-7-8(17(18)19)4-5-9(11)13-15-12(16-21-13)10-3-2-6-14-10/h4-5,7,10,14H,2-3,6H2,1H3. The largest absolute Gasteiger partial charge is 0.496 e. The van der Waals surface area contributed by atoms with Gasteiger partial charge in [-0.1, -0.05) is 5.16 Å². The van der Waals surface area contributed by atoms with Crippen molar-refractivity contribution in [1.29, 1.82) is 0 Å². The number of nitrogens with zero attached hydrogens (tertiary/aromatic N) is 3. The monoisotopic (exact) mass is 290 g/mol. The van der Waals surface area contributed by atoms with Gasteiger partial charge in [0, 0.05) is 6.07 Å². The number of aromatic nitrogens is 2. The lowest BCUT2D eigenvalue weighted by Gasteiger charge is -2.04. The van der Waals surface area contributed by atoms with Crippen LogP contribution in [0.15, 0.2) is 22.7 Å². The van der Waals surface area contributed by atoms with Gasteiger partial charge in [0.05, 0.1) is 29.7 Å². The molecule has 8 nitrogen and oxygen atoms in total. The molecule has 110 valence electrons. The van der Waals surface area contributed by atoms with E-state index in [0.29, 0.717) is 23.0 Å². The van der Waals surface area contributed by atoms with Gasteiger partial charge in [-0.25, -0.2) is 0 Å². The highest BCUT2D eigenvalue weighted by Crippen LogP contribution is 2.33. The first kappa shape index (κ1) is 13.5. The van der Waals surface area contributed by atoms with Gasteiger partial charge in [0.15, 0.2) is 5.82 Å². The molecule has 0 radical (unpaired) electrons. The molecule has 2 aromatic rings. The molecule has 0 bridgehead atoms. The fraction of sp³-hybridized carbons (Fsp3) is 0.385. The van der Waals surface area contributed by atoms with E-state index in [1.807, 2.05) is 0 Å². The molecule has 1 fully saturated rings. The first-order chi connectivity index (χ1) is 10.2. The number of rotatable bonds is 4. The molecule has 2 heterocycles. The predicted octanol–water partition coefficient (Wildman–Crippen LogP) is 2.08. The second-order valence-corrected chi connectivity index (χ2v) is 4.75. The van der Waals surface area contributed by atoms with Crippen molar-refractivity contribution in [3.63, 3.8) is 0 Å². The lowest BCUT2D eigenvalue weighted by Crippen LogP contribution is -2.14. The van der Waals surface area contributed by atoms with Crippen molar-refractivity contribution in [2.24, 2.45) is 0 Å². The van der Waals surface area contributed by atoms with Crippen molar-refractivity contribution in [2.75, 3.05) is 13.7 Å². The van der Waals surface area contributed by atoms with E-state index in [2.05, 4.69) is 15.5 Å². The number of nitro benzene ring substituents is 1. The molecule has 1 aromatic carbocycles. The zero-order valence-corrected chi connectivity index (χ0v) is 11.4. The summed E-state index contributed by atoms with van der Waals surface area (Å²) >= 11 is 0. The Morgan fingerprint density at radius 1 is 1.52 bits per heavy atom. The number of methoxy groups -OCH3 is 1. The molecule has 1 N–H and O–H groups in total. The summed E-state index contributed by atoms with van der Waals surface area (Å²) in [5, 5.41) is 18.0. The minimum absolute atomic E-state index is 0.0483. The number of nitrogens with one attached hydrogen (secondary N) is 1. The summed E-state index contributed by atoms with van der Waals surface area (Å²) in [6, 6.07) is 4.38. The molecule has 0 amide bonds. The van der Waals surface area contributed by atoms with Crippen LogP contribution in [-0.2, 0) is 0 Å². The maximum absolute atomic E-state index is 10.8. The molecule has 0 spiro atoms. The van der Waals surface area contributed by atoms with E-state index in [-0.39, 0.29) is 11.7 Å². The van der Waals surface area contributed by atoms with Crippen LogP contribution in [0.4, 0.5) is 5.69 Å². The molecule has 1 saturated heterocycles. The molecular formula is C13H14N4O4. The van der Waals surface area contributed by atoms with Gasteiger partial charge in [0.25, 0.3) is 11.6 Å². The molecule has 1 unspecified atom stereocenters. The zero-order valence-electron chi connectivity index (χ0n) is 11.4. The summed E-state index contributed by atoms with van der Waals surface area (Å²) in [6.45, 7) is 0.940. The van der Waals surface area contributed by atoms with Gasteiger partial charge in [0.1, 0.15) is 5.75 Å². The Kier molecular flexibility index (Phi) is 3.53. The highest BCUT2D eigenvalue weighted by molar-refractivity contribution is 5.65. The third-order valence-corrected chi connectivity index (χ3v) is 3.44. The van der Waals surface area contributed by atoms with Crippen LogP contribution >= 0.6 is 0 Å². The van der Waals surface area contributed by atoms with Gasteiger partial charge in [0.2, 0.25) is 0 Å². The molecule has 3 rings (SSSR count). The molecule has 0 saturated carbocycles. The van der Waals surface area contributed by atoms with Crippen LogP contribution < -0.4 is 10.1 Å². The Bertz CT molecular complexity index is 664.